The summed E-state index contributed by atoms with van der Waals surface area (Å²) in [5.74, 6) is -2.21. The van der Waals surface area contributed by atoms with Gasteiger partial charge in [0, 0.05) is 24.7 Å². The van der Waals surface area contributed by atoms with E-state index in [-0.39, 0.29) is 29.7 Å². The van der Waals surface area contributed by atoms with Crippen LogP contribution in [0.3, 0.4) is 0 Å². The van der Waals surface area contributed by atoms with Crippen LogP contribution in [-0.4, -0.2) is 69.0 Å². The Morgan fingerprint density at radius 2 is 1.58 bits per heavy atom. The average Bonchev–Trinajstić information content (AvgIpc) is 3.64. The molecule has 0 bridgehead atoms. The van der Waals surface area contributed by atoms with Gasteiger partial charge in [0.1, 0.15) is 18.7 Å². The number of sulfonamides is 1. The maximum Gasteiger partial charge on any atom is 0.410 e. The van der Waals surface area contributed by atoms with E-state index in [2.05, 4.69) is 15.4 Å². The Balaban J connectivity index is 1.16. The molecule has 0 aromatic heterocycles. The van der Waals surface area contributed by atoms with Crippen LogP contribution in [0.25, 0.3) is 0 Å². The molecule has 2 aliphatic heterocycles. The SMILES string of the molecule is Cc1ccc(S(=O)(=O)N[C@H](Cc2ccc(NC(=O)C3CCN(C(=O)OCc4ccccc4)CC3)cc2)C(=O)OC(=O)[C@@H]2CCCN2)cc1. The molecule has 2 aliphatic rings. The summed E-state index contributed by atoms with van der Waals surface area (Å²) in [6, 6.07) is 20.2. The fourth-order valence-corrected chi connectivity index (χ4v) is 6.80. The topological polar surface area (TPSA) is 160 Å². The molecule has 5 rings (SSSR count). The fraction of sp³-hybridized carbons (Fsp3) is 0.371. The predicted octanol–water partition coefficient (Wildman–Crippen LogP) is 3.69. The number of esters is 2. The molecule has 48 heavy (non-hydrogen) atoms. The van der Waals surface area contributed by atoms with Gasteiger partial charge < -0.3 is 25.0 Å². The second-order valence-corrected chi connectivity index (χ2v) is 13.8. The summed E-state index contributed by atoms with van der Waals surface area (Å²) in [5.41, 5.74) is 2.87. The average molecular weight is 677 g/mol. The molecule has 3 N–H and O–H groups in total. The Kier molecular flexibility index (Phi) is 11.6. The predicted molar refractivity (Wildman–Crippen MR) is 177 cm³/mol. The van der Waals surface area contributed by atoms with Crippen LogP contribution in [0.5, 0.6) is 0 Å². The van der Waals surface area contributed by atoms with E-state index in [0.29, 0.717) is 50.1 Å². The summed E-state index contributed by atoms with van der Waals surface area (Å²) in [6.07, 6.45) is 1.77. The second-order valence-electron chi connectivity index (χ2n) is 12.1. The number of aryl methyl sites for hydroxylation is 1. The lowest BCUT2D eigenvalue weighted by Crippen LogP contribution is -2.45. The number of likely N-dealkylation sites (tertiary alicyclic amines) is 1. The molecule has 3 aromatic rings. The Hall–Kier alpha value is -4.59. The first-order valence-corrected chi connectivity index (χ1v) is 17.5. The third kappa shape index (κ3) is 9.49. The van der Waals surface area contributed by atoms with Gasteiger partial charge in [-0.15, -0.1) is 0 Å². The number of amides is 2. The van der Waals surface area contributed by atoms with E-state index in [1.54, 1.807) is 41.3 Å². The van der Waals surface area contributed by atoms with E-state index in [9.17, 15) is 27.6 Å². The number of ether oxygens (including phenoxy) is 2. The fourth-order valence-electron chi connectivity index (χ4n) is 5.61. The summed E-state index contributed by atoms with van der Waals surface area (Å²) in [4.78, 5) is 52.8. The molecule has 2 heterocycles. The van der Waals surface area contributed by atoms with Crippen molar-refractivity contribution >= 4 is 39.6 Å². The van der Waals surface area contributed by atoms with Gasteiger partial charge in [0.2, 0.25) is 15.9 Å². The number of nitrogens with one attached hydrogen (secondary N) is 3. The van der Waals surface area contributed by atoms with E-state index in [1.165, 1.54) is 12.1 Å². The maximum absolute atomic E-state index is 13.2. The van der Waals surface area contributed by atoms with Crippen molar-refractivity contribution in [2.24, 2.45) is 5.92 Å². The minimum absolute atomic E-state index is 0.0253. The van der Waals surface area contributed by atoms with Crippen LogP contribution in [-0.2, 0) is 46.9 Å². The summed E-state index contributed by atoms with van der Waals surface area (Å²) in [5, 5.41) is 5.87. The molecular weight excluding hydrogens is 636 g/mol. The Bertz CT molecular complexity index is 1680. The Labute approximate surface area is 280 Å². The normalized spacial score (nSPS) is 17.4. The number of carbonyl (C=O) groups is 4. The highest BCUT2D eigenvalue weighted by Gasteiger charge is 2.32. The van der Waals surface area contributed by atoms with Crippen LogP contribution < -0.4 is 15.4 Å². The minimum Gasteiger partial charge on any atom is -0.445 e. The Morgan fingerprint density at radius 1 is 0.896 bits per heavy atom. The third-order valence-corrected chi connectivity index (χ3v) is 9.94. The van der Waals surface area contributed by atoms with Crippen molar-refractivity contribution < 1.29 is 37.1 Å². The maximum atomic E-state index is 13.2. The highest BCUT2D eigenvalue weighted by molar-refractivity contribution is 7.89. The first kappa shape index (κ1) is 34.7. The number of rotatable bonds is 11. The lowest BCUT2D eigenvalue weighted by atomic mass is 9.96. The van der Waals surface area contributed by atoms with Crippen LogP contribution in [0.15, 0.2) is 83.8 Å². The standard InChI is InChI=1S/C35H40N4O8S/c1-24-9-15-29(16-10-24)48(44,45)38-31(34(42)47-33(41)30-8-5-19-36-30)22-25-11-13-28(14-12-25)37-32(40)27-17-20-39(21-18-27)35(43)46-23-26-6-3-2-4-7-26/h2-4,6-7,9-16,27,30-31,36,38H,5,8,17-23H2,1H3,(H,37,40)/t30-,31+/m0/s1. The molecule has 3 aromatic carbocycles. The van der Waals surface area contributed by atoms with E-state index in [1.807, 2.05) is 37.3 Å². The van der Waals surface area contributed by atoms with Crippen LogP contribution in [0, 0.1) is 12.8 Å². The largest absolute Gasteiger partial charge is 0.445 e. The first-order chi connectivity index (χ1) is 23.1. The number of benzene rings is 3. The van der Waals surface area contributed by atoms with Crippen LogP contribution in [0.1, 0.15) is 42.4 Å². The van der Waals surface area contributed by atoms with E-state index in [4.69, 9.17) is 9.47 Å². The molecule has 2 amide bonds. The van der Waals surface area contributed by atoms with Gasteiger partial charge in [-0.05, 0) is 81.0 Å². The highest BCUT2D eigenvalue weighted by Crippen LogP contribution is 2.22. The quantitative estimate of drug-likeness (QED) is 0.203. The van der Waals surface area contributed by atoms with E-state index in [0.717, 1.165) is 17.5 Å². The van der Waals surface area contributed by atoms with Crippen molar-refractivity contribution in [2.45, 2.75) is 62.6 Å². The smallest absolute Gasteiger partial charge is 0.410 e. The summed E-state index contributed by atoms with van der Waals surface area (Å²) < 4.78 is 39.3. The Morgan fingerprint density at radius 3 is 2.23 bits per heavy atom. The zero-order valence-corrected chi connectivity index (χ0v) is 27.5. The van der Waals surface area contributed by atoms with Gasteiger partial charge in [-0.2, -0.15) is 4.72 Å². The first-order valence-electron chi connectivity index (χ1n) is 16.0. The number of hydrogen-bond acceptors (Lipinski definition) is 9. The van der Waals surface area contributed by atoms with Crippen molar-refractivity contribution in [3.8, 4) is 0 Å². The molecule has 0 saturated carbocycles. The highest BCUT2D eigenvalue weighted by atomic mass is 32.2. The second kappa shape index (κ2) is 16.0. The number of hydrogen-bond donors (Lipinski definition) is 3. The number of nitrogens with zero attached hydrogens (tertiary/aromatic N) is 1. The van der Waals surface area contributed by atoms with Crippen molar-refractivity contribution in [2.75, 3.05) is 25.0 Å². The number of piperidine rings is 1. The van der Waals surface area contributed by atoms with Crippen molar-refractivity contribution in [3.05, 3.63) is 95.6 Å². The molecule has 0 unspecified atom stereocenters. The van der Waals surface area contributed by atoms with Gasteiger partial charge in [-0.3, -0.25) is 4.79 Å². The number of carbonyl (C=O) groups excluding carboxylic acids is 4. The molecule has 0 radical (unpaired) electrons. The van der Waals surface area contributed by atoms with Gasteiger partial charge >= 0.3 is 18.0 Å². The minimum atomic E-state index is -4.13. The molecule has 254 valence electrons. The molecule has 13 heteroatoms. The number of anilines is 1. The van der Waals surface area contributed by atoms with Gasteiger partial charge in [0.25, 0.3) is 0 Å². The molecule has 0 aliphatic carbocycles. The molecule has 12 nitrogen and oxygen atoms in total. The van der Waals surface area contributed by atoms with E-state index < -0.39 is 40.1 Å². The van der Waals surface area contributed by atoms with Crippen molar-refractivity contribution in [1.82, 2.24) is 14.9 Å². The molecule has 2 saturated heterocycles. The van der Waals surface area contributed by atoms with Gasteiger partial charge in [0.05, 0.1) is 4.90 Å². The van der Waals surface area contributed by atoms with Crippen LogP contribution in [0.2, 0.25) is 0 Å². The molecule has 2 fully saturated rings. The third-order valence-electron chi connectivity index (χ3n) is 8.45. The molecular formula is C35H40N4O8S. The van der Waals surface area contributed by atoms with Crippen LogP contribution in [0.4, 0.5) is 10.5 Å². The summed E-state index contributed by atoms with van der Waals surface area (Å²) >= 11 is 0. The lowest BCUT2D eigenvalue weighted by molar-refractivity contribution is -0.162. The van der Waals surface area contributed by atoms with Gasteiger partial charge in [-0.25, -0.2) is 22.8 Å². The van der Waals surface area contributed by atoms with E-state index >= 15 is 0 Å². The van der Waals surface area contributed by atoms with Gasteiger partial charge in [0.15, 0.2) is 0 Å². The summed E-state index contributed by atoms with van der Waals surface area (Å²) in [7, 11) is -4.13. The van der Waals surface area contributed by atoms with Crippen molar-refractivity contribution in [1.29, 1.82) is 0 Å². The van der Waals surface area contributed by atoms with Crippen LogP contribution >= 0.6 is 0 Å². The zero-order valence-electron chi connectivity index (χ0n) is 26.7. The summed E-state index contributed by atoms with van der Waals surface area (Å²) in [6.45, 7) is 3.45. The monoisotopic (exact) mass is 676 g/mol. The lowest BCUT2D eigenvalue weighted by Gasteiger charge is -2.30. The van der Waals surface area contributed by atoms with Gasteiger partial charge in [-0.1, -0.05) is 60.2 Å². The molecule has 2 atom stereocenters. The molecule has 0 spiro atoms. The zero-order chi connectivity index (χ0) is 34.1. The van der Waals surface area contributed by atoms with Crippen molar-refractivity contribution in [3.63, 3.8) is 0 Å².